The van der Waals surface area contributed by atoms with E-state index < -0.39 is 0 Å². The molecule has 1 aliphatic rings. The number of hydrogen-bond donors (Lipinski definition) is 0. The van der Waals surface area contributed by atoms with Crippen LogP contribution in [0.3, 0.4) is 0 Å². The molecule has 0 amide bonds. The van der Waals surface area contributed by atoms with Crippen molar-refractivity contribution in [2.24, 2.45) is 0 Å². The topological polar surface area (TPSA) is 9.23 Å². The van der Waals surface area contributed by atoms with Gasteiger partial charge in [0.25, 0.3) is 0 Å². The fraction of sp³-hybridized carbons (Fsp3) is 1.00. The summed E-state index contributed by atoms with van der Waals surface area (Å²) in [5.41, 5.74) is 0.0432. The highest BCUT2D eigenvalue weighted by atomic mass is 35.5. The average Bonchev–Trinajstić information content (AvgIpc) is 2.36. The van der Waals surface area contributed by atoms with Gasteiger partial charge in [-0.2, -0.15) is 0 Å². The summed E-state index contributed by atoms with van der Waals surface area (Å²) in [6, 6.07) is 0. The summed E-state index contributed by atoms with van der Waals surface area (Å²) < 4.78 is 5.51. The number of rotatable bonds is 2. The van der Waals surface area contributed by atoms with Gasteiger partial charge < -0.3 is 4.74 Å². The van der Waals surface area contributed by atoms with Crippen molar-refractivity contribution >= 4 is 11.6 Å². The smallest absolute Gasteiger partial charge is 0.0815 e. The molecule has 0 aliphatic carbocycles. The second-order valence-corrected chi connectivity index (χ2v) is 2.89. The molecule has 0 saturated carbocycles. The molecular formula is C7H13ClO. The molecule has 2 heteroatoms. The standard InChI is InChI=1S/C7H13ClO/c1-2-7(6-8)4-3-5-9-7/h2-6H2,1H3. The van der Waals surface area contributed by atoms with Crippen LogP contribution >= 0.6 is 11.6 Å². The van der Waals surface area contributed by atoms with Crippen LogP contribution in [0, 0.1) is 0 Å². The molecule has 1 nitrogen and oxygen atoms in total. The molecule has 1 fully saturated rings. The fourth-order valence-corrected chi connectivity index (χ4v) is 1.63. The summed E-state index contributed by atoms with van der Waals surface area (Å²) in [6.45, 7) is 3.04. The Morgan fingerprint density at radius 2 is 2.44 bits per heavy atom. The highest BCUT2D eigenvalue weighted by Gasteiger charge is 2.31. The van der Waals surface area contributed by atoms with Gasteiger partial charge in [0.1, 0.15) is 0 Å². The third-order valence-electron chi connectivity index (χ3n) is 2.07. The van der Waals surface area contributed by atoms with E-state index in [2.05, 4.69) is 6.92 Å². The van der Waals surface area contributed by atoms with Crippen molar-refractivity contribution < 1.29 is 4.74 Å². The van der Waals surface area contributed by atoms with Gasteiger partial charge in [0.05, 0.1) is 11.5 Å². The Hall–Kier alpha value is 0.250. The summed E-state index contributed by atoms with van der Waals surface area (Å²) in [5, 5.41) is 0. The normalized spacial score (nSPS) is 35.3. The average molecular weight is 149 g/mol. The maximum absolute atomic E-state index is 5.74. The molecule has 1 rings (SSSR count). The first-order valence-electron chi connectivity index (χ1n) is 3.53. The number of ether oxygens (including phenoxy) is 1. The van der Waals surface area contributed by atoms with E-state index in [1.165, 1.54) is 6.42 Å². The monoisotopic (exact) mass is 148 g/mol. The van der Waals surface area contributed by atoms with Gasteiger partial charge in [0.2, 0.25) is 0 Å². The molecule has 54 valence electrons. The van der Waals surface area contributed by atoms with Gasteiger partial charge >= 0.3 is 0 Å². The molecule has 0 radical (unpaired) electrons. The SMILES string of the molecule is CCC1(CCl)CCCO1. The van der Waals surface area contributed by atoms with Crippen LogP contribution in [0.5, 0.6) is 0 Å². The molecule has 1 unspecified atom stereocenters. The fourth-order valence-electron chi connectivity index (χ4n) is 1.23. The Labute approximate surface area is 61.3 Å². The van der Waals surface area contributed by atoms with Crippen LogP contribution in [0.15, 0.2) is 0 Å². The largest absolute Gasteiger partial charge is 0.374 e. The highest BCUT2D eigenvalue weighted by molar-refractivity contribution is 6.18. The van der Waals surface area contributed by atoms with Crippen LogP contribution in [0.2, 0.25) is 0 Å². The zero-order valence-electron chi connectivity index (χ0n) is 5.82. The molecule has 1 saturated heterocycles. The van der Waals surface area contributed by atoms with Gasteiger partial charge in [-0.25, -0.2) is 0 Å². The zero-order valence-corrected chi connectivity index (χ0v) is 6.58. The zero-order chi connectivity index (χ0) is 6.74. The van der Waals surface area contributed by atoms with E-state index in [1.54, 1.807) is 0 Å². The molecule has 0 aromatic carbocycles. The van der Waals surface area contributed by atoms with E-state index in [-0.39, 0.29) is 5.60 Å². The van der Waals surface area contributed by atoms with Crippen LogP contribution < -0.4 is 0 Å². The third kappa shape index (κ3) is 1.39. The Morgan fingerprint density at radius 3 is 2.67 bits per heavy atom. The van der Waals surface area contributed by atoms with Crippen LogP contribution in [0.25, 0.3) is 0 Å². The van der Waals surface area contributed by atoms with Crippen LogP contribution in [-0.4, -0.2) is 18.1 Å². The molecule has 9 heavy (non-hydrogen) atoms. The Morgan fingerprint density at radius 1 is 1.67 bits per heavy atom. The summed E-state index contributed by atoms with van der Waals surface area (Å²) >= 11 is 5.74. The lowest BCUT2D eigenvalue weighted by Crippen LogP contribution is -2.28. The minimum atomic E-state index is 0.0432. The predicted octanol–water partition coefficient (Wildman–Crippen LogP) is 2.18. The van der Waals surface area contributed by atoms with E-state index in [4.69, 9.17) is 16.3 Å². The third-order valence-corrected chi connectivity index (χ3v) is 2.56. The molecule has 1 heterocycles. The quantitative estimate of drug-likeness (QED) is 0.546. The Bertz CT molecular complexity index is 80.9. The van der Waals surface area contributed by atoms with Gasteiger partial charge in [-0.15, -0.1) is 11.6 Å². The van der Waals surface area contributed by atoms with Gasteiger partial charge in [-0.1, -0.05) is 6.92 Å². The van der Waals surface area contributed by atoms with Gasteiger partial charge in [-0.3, -0.25) is 0 Å². The number of halogens is 1. The summed E-state index contributed by atoms with van der Waals surface area (Å²) in [7, 11) is 0. The lowest BCUT2D eigenvalue weighted by atomic mass is 10.00. The van der Waals surface area contributed by atoms with Gasteiger partial charge in [0, 0.05) is 6.61 Å². The van der Waals surface area contributed by atoms with E-state index in [0.717, 1.165) is 19.4 Å². The minimum Gasteiger partial charge on any atom is -0.374 e. The molecule has 1 atom stereocenters. The number of alkyl halides is 1. The predicted molar refractivity (Wildman–Crippen MR) is 38.9 cm³/mol. The van der Waals surface area contributed by atoms with Gasteiger partial charge in [0.15, 0.2) is 0 Å². The van der Waals surface area contributed by atoms with E-state index in [9.17, 15) is 0 Å². The van der Waals surface area contributed by atoms with Crippen LogP contribution in [0.4, 0.5) is 0 Å². The van der Waals surface area contributed by atoms with E-state index >= 15 is 0 Å². The summed E-state index contributed by atoms with van der Waals surface area (Å²) in [4.78, 5) is 0. The molecule has 0 bridgehead atoms. The maximum atomic E-state index is 5.74. The van der Waals surface area contributed by atoms with Crippen molar-refractivity contribution in [2.45, 2.75) is 31.8 Å². The Kier molecular flexibility index (Phi) is 2.36. The van der Waals surface area contributed by atoms with Crippen molar-refractivity contribution in [3.8, 4) is 0 Å². The van der Waals surface area contributed by atoms with Crippen molar-refractivity contribution in [3.05, 3.63) is 0 Å². The second kappa shape index (κ2) is 2.89. The second-order valence-electron chi connectivity index (χ2n) is 2.62. The first-order valence-corrected chi connectivity index (χ1v) is 4.06. The lowest BCUT2D eigenvalue weighted by Gasteiger charge is -2.23. The van der Waals surface area contributed by atoms with Crippen LogP contribution in [0.1, 0.15) is 26.2 Å². The van der Waals surface area contributed by atoms with E-state index in [0.29, 0.717) is 5.88 Å². The molecule has 0 N–H and O–H groups in total. The number of hydrogen-bond acceptors (Lipinski definition) is 1. The molecule has 0 aromatic heterocycles. The highest BCUT2D eigenvalue weighted by Crippen LogP contribution is 2.29. The van der Waals surface area contributed by atoms with Crippen molar-refractivity contribution in [1.82, 2.24) is 0 Å². The molecular weight excluding hydrogens is 136 g/mol. The molecule has 1 aliphatic heterocycles. The van der Waals surface area contributed by atoms with E-state index in [1.807, 2.05) is 0 Å². The minimum absolute atomic E-state index is 0.0432. The van der Waals surface area contributed by atoms with Crippen molar-refractivity contribution in [1.29, 1.82) is 0 Å². The summed E-state index contributed by atoms with van der Waals surface area (Å²) in [6.07, 6.45) is 3.38. The first kappa shape index (κ1) is 7.36. The van der Waals surface area contributed by atoms with Crippen molar-refractivity contribution in [2.75, 3.05) is 12.5 Å². The molecule has 0 spiro atoms. The van der Waals surface area contributed by atoms with Crippen molar-refractivity contribution in [3.63, 3.8) is 0 Å². The maximum Gasteiger partial charge on any atom is 0.0815 e. The molecule has 0 aromatic rings. The lowest BCUT2D eigenvalue weighted by molar-refractivity contribution is 0.0204. The Balaban J connectivity index is 2.45. The first-order chi connectivity index (χ1) is 4.33. The van der Waals surface area contributed by atoms with Crippen LogP contribution in [-0.2, 0) is 4.74 Å². The van der Waals surface area contributed by atoms with Gasteiger partial charge in [-0.05, 0) is 19.3 Å². The summed E-state index contributed by atoms with van der Waals surface area (Å²) in [5.74, 6) is 0.656.